The molecule has 12 nitrogen and oxygen atoms in total. The topological polar surface area (TPSA) is 139 Å². The molecule has 1 N–H and O–H groups in total. The number of aliphatic hydroxyl groups excluding tert-OH is 1. The highest BCUT2D eigenvalue weighted by atomic mass is 16.5. The quantitative estimate of drug-likeness (QED) is 0.622. The van der Waals surface area contributed by atoms with E-state index in [1.165, 1.54) is 11.0 Å². The lowest BCUT2D eigenvalue weighted by atomic mass is 9.78. The smallest absolute Gasteiger partial charge is 0.336 e. The molecular formula is C20H22N8O4. The zero-order chi connectivity index (χ0) is 22.3. The number of cyclic esters (lactones) is 1. The summed E-state index contributed by atoms with van der Waals surface area (Å²) in [6, 6.07) is 3.39. The minimum absolute atomic E-state index is 0.0191. The molecule has 166 valence electrons. The maximum Gasteiger partial charge on any atom is 0.336 e. The van der Waals surface area contributed by atoms with Gasteiger partial charge in [0.2, 0.25) is 5.91 Å². The molecule has 0 radical (unpaired) electrons. The molecule has 5 rings (SSSR count). The molecule has 0 aromatic carbocycles. The Morgan fingerprint density at radius 3 is 2.66 bits per heavy atom. The first-order chi connectivity index (χ1) is 15.5. The molecule has 3 aliphatic rings. The van der Waals surface area contributed by atoms with Crippen molar-refractivity contribution in [2.45, 2.75) is 25.9 Å². The van der Waals surface area contributed by atoms with Crippen molar-refractivity contribution in [2.75, 3.05) is 26.2 Å². The second-order valence-corrected chi connectivity index (χ2v) is 8.18. The van der Waals surface area contributed by atoms with Crippen molar-refractivity contribution < 1.29 is 19.4 Å². The van der Waals surface area contributed by atoms with E-state index in [9.17, 15) is 14.7 Å². The summed E-state index contributed by atoms with van der Waals surface area (Å²) in [5.41, 5.74) is 0.981. The fourth-order valence-electron chi connectivity index (χ4n) is 4.28. The summed E-state index contributed by atoms with van der Waals surface area (Å²) in [5, 5.41) is 29.6. The number of esters is 1. The predicted molar refractivity (Wildman–Crippen MR) is 107 cm³/mol. The van der Waals surface area contributed by atoms with E-state index in [0.717, 1.165) is 0 Å². The monoisotopic (exact) mass is 438 g/mol. The van der Waals surface area contributed by atoms with Crippen LogP contribution in [0.25, 0.3) is 5.82 Å². The summed E-state index contributed by atoms with van der Waals surface area (Å²) in [4.78, 5) is 28.5. The minimum Gasteiger partial charge on any atom is -0.456 e. The van der Waals surface area contributed by atoms with Gasteiger partial charge in [0.1, 0.15) is 19.0 Å². The van der Waals surface area contributed by atoms with Crippen molar-refractivity contribution >= 4 is 11.9 Å². The van der Waals surface area contributed by atoms with Crippen LogP contribution in [0.2, 0.25) is 0 Å². The highest BCUT2D eigenvalue weighted by Crippen LogP contribution is 2.41. The minimum atomic E-state index is -0.805. The maximum absolute atomic E-state index is 13.2. The number of hydrogen-bond acceptors (Lipinski definition) is 10. The second kappa shape index (κ2) is 7.88. The number of likely N-dealkylation sites (tertiary alicyclic amines) is 1. The number of rotatable bonds is 5. The zero-order valence-electron chi connectivity index (χ0n) is 17.5. The van der Waals surface area contributed by atoms with Gasteiger partial charge in [-0.05, 0) is 55.4 Å². The molecule has 0 aliphatic carbocycles. The summed E-state index contributed by atoms with van der Waals surface area (Å²) in [5.74, 6) is 0.0658. The van der Waals surface area contributed by atoms with Gasteiger partial charge < -0.3 is 14.7 Å². The maximum atomic E-state index is 13.2. The van der Waals surface area contributed by atoms with Crippen LogP contribution in [0.1, 0.15) is 31.6 Å². The molecule has 12 heteroatoms. The first kappa shape index (κ1) is 20.4. The number of aliphatic hydroxyl groups is 1. The summed E-state index contributed by atoms with van der Waals surface area (Å²) < 4.78 is 6.43. The largest absolute Gasteiger partial charge is 0.456 e. The fraction of sp³-hybridized carbons (Fsp3) is 0.450. The number of amides is 1. The van der Waals surface area contributed by atoms with Gasteiger partial charge >= 0.3 is 5.97 Å². The molecule has 1 atom stereocenters. The first-order valence-corrected chi connectivity index (χ1v) is 10.3. The summed E-state index contributed by atoms with van der Waals surface area (Å²) >= 11 is 0. The van der Waals surface area contributed by atoms with Crippen molar-refractivity contribution in [3.63, 3.8) is 0 Å². The average molecular weight is 438 g/mol. The van der Waals surface area contributed by atoms with E-state index in [0.29, 0.717) is 55.3 Å². The van der Waals surface area contributed by atoms with Crippen LogP contribution in [-0.4, -0.2) is 83.4 Å². The highest BCUT2D eigenvalue weighted by Gasteiger charge is 2.47. The molecule has 1 unspecified atom stereocenters. The molecule has 0 saturated carbocycles. The van der Waals surface area contributed by atoms with E-state index in [2.05, 4.69) is 30.6 Å². The molecule has 0 bridgehead atoms. The molecule has 1 spiro atoms. The van der Waals surface area contributed by atoms with Crippen molar-refractivity contribution in [1.29, 1.82) is 0 Å². The van der Waals surface area contributed by atoms with Gasteiger partial charge in [0.05, 0.1) is 22.4 Å². The van der Waals surface area contributed by atoms with Gasteiger partial charge in [-0.3, -0.25) is 9.69 Å². The Morgan fingerprint density at radius 2 is 2.03 bits per heavy atom. The molecular weight excluding hydrogens is 416 g/mol. The van der Waals surface area contributed by atoms with Crippen LogP contribution in [0, 0.1) is 5.41 Å². The Bertz CT molecular complexity index is 1090. The van der Waals surface area contributed by atoms with Gasteiger partial charge in [0, 0.05) is 12.7 Å². The average Bonchev–Trinajstić information content (AvgIpc) is 3.53. The molecule has 2 aromatic rings. The van der Waals surface area contributed by atoms with Gasteiger partial charge in [-0.25, -0.2) is 4.79 Å². The van der Waals surface area contributed by atoms with E-state index < -0.39 is 11.5 Å². The van der Waals surface area contributed by atoms with Crippen molar-refractivity contribution in [1.82, 2.24) is 40.2 Å². The summed E-state index contributed by atoms with van der Waals surface area (Å²) in [6.45, 7) is 3.51. The number of piperidine rings is 1. The van der Waals surface area contributed by atoms with Crippen LogP contribution >= 0.6 is 0 Å². The Hall–Kier alpha value is -3.51. The second-order valence-electron chi connectivity index (χ2n) is 8.18. The Kier molecular flexibility index (Phi) is 5.02. The van der Waals surface area contributed by atoms with Crippen LogP contribution in [0.5, 0.6) is 0 Å². The molecule has 1 amide bonds. The number of β-amino-alcohol motifs (C(OH)–C–C–N with tert-alkyl or cyclic N) is 1. The number of carbonyl (C=O) groups excluding carboxylic acids is 2. The molecule has 2 aromatic heterocycles. The van der Waals surface area contributed by atoms with Crippen molar-refractivity contribution in [3.8, 4) is 5.82 Å². The SMILES string of the molecule is CC1=C(N2C=CC3(CCN(CC(O)c4ccc(-n5cnnn5)nn4)CC3)C2=O)COC1=O. The lowest BCUT2D eigenvalue weighted by Gasteiger charge is -2.38. The van der Waals surface area contributed by atoms with Crippen molar-refractivity contribution in [3.05, 3.63) is 47.7 Å². The Balaban J connectivity index is 1.19. The van der Waals surface area contributed by atoms with Gasteiger partial charge in [0.15, 0.2) is 5.82 Å². The van der Waals surface area contributed by atoms with E-state index in [-0.39, 0.29) is 18.5 Å². The van der Waals surface area contributed by atoms with Gasteiger partial charge in [-0.15, -0.1) is 10.2 Å². The van der Waals surface area contributed by atoms with Gasteiger partial charge in [0.25, 0.3) is 0 Å². The van der Waals surface area contributed by atoms with E-state index in [4.69, 9.17) is 4.74 Å². The number of nitrogens with zero attached hydrogens (tertiary/aromatic N) is 8. The third-order valence-corrected chi connectivity index (χ3v) is 6.33. The Labute approximate surface area is 183 Å². The van der Waals surface area contributed by atoms with E-state index in [1.54, 1.807) is 30.2 Å². The van der Waals surface area contributed by atoms with Crippen LogP contribution in [0.3, 0.4) is 0 Å². The first-order valence-electron chi connectivity index (χ1n) is 10.3. The summed E-state index contributed by atoms with van der Waals surface area (Å²) in [7, 11) is 0. The molecule has 32 heavy (non-hydrogen) atoms. The predicted octanol–water partition coefficient (Wildman–Crippen LogP) is -0.245. The van der Waals surface area contributed by atoms with Crippen LogP contribution in [-0.2, 0) is 14.3 Å². The standard InChI is InChI=1S/C20H22N8O4/c1-13-15(11-32-18(13)30)27-9-6-20(19(27)31)4-7-26(8-5-20)10-16(29)14-2-3-17(23-22-14)28-12-21-24-25-28/h2-3,6,9,12,16,29H,4-5,7-8,10-11H2,1H3. The molecule has 3 aliphatic heterocycles. The Morgan fingerprint density at radius 1 is 1.22 bits per heavy atom. The fourth-order valence-corrected chi connectivity index (χ4v) is 4.28. The van der Waals surface area contributed by atoms with E-state index in [1.807, 2.05) is 6.08 Å². The third-order valence-electron chi connectivity index (χ3n) is 6.33. The normalized spacial score (nSPS) is 21.6. The lowest BCUT2D eigenvalue weighted by Crippen LogP contribution is -2.46. The van der Waals surface area contributed by atoms with Crippen molar-refractivity contribution in [2.24, 2.45) is 5.41 Å². The van der Waals surface area contributed by atoms with Crippen LogP contribution < -0.4 is 0 Å². The highest BCUT2D eigenvalue weighted by molar-refractivity contribution is 5.95. The van der Waals surface area contributed by atoms with E-state index >= 15 is 0 Å². The molecule has 5 heterocycles. The zero-order valence-corrected chi connectivity index (χ0v) is 17.5. The summed E-state index contributed by atoms with van der Waals surface area (Å²) in [6.07, 6.45) is 5.58. The number of hydrogen-bond donors (Lipinski definition) is 1. The number of ether oxygens (including phenoxy) is 1. The number of aromatic nitrogens is 6. The van der Waals surface area contributed by atoms with Gasteiger partial charge in [-0.1, -0.05) is 6.08 Å². The van der Waals surface area contributed by atoms with Gasteiger partial charge in [-0.2, -0.15) is 9.78 Å². The lowest BCUT2D eigenvalue weighted by molar-refractivity contribution is -0.138. The molecule has 1 fully saturated rings. The van der Waals surface area contributed by atoms with Crippen LogP contribution in [0.4, 0.5) is 0 Å². The third kappa shape index (κ3) is 3.46. The number of tetrazole rings is 1. The number of carbonyl (C=O) groups is 2. The van der Waals surface area contributed by atoms with Crippen LogP contribution in [0.15, 0.2) is 42.0 Å². The molecule has 1 saturated heterocycles.